The molecule has 2 amide bonds. The first kappa shape index (κ1) is 16.2. The Morgan fingerprint density at radius 1 is 1.17 bits per heavy atom. The van der Waals surface area contributed by atoms with Gasteiger partial charge in [0.2, 0.25) is 0 Å². The van der Waals surface area contributed by atoms with Gasteiger partial charge in [0.15, 0.2) is 0 Å². The molecule has 0 unspecified atom stereocenters. The van der Waals surface area contributed by atoms with Gasteiger partial charge >= 0.3 is 0 Å². The van der Waals surface area contributed by atoms with Crippen molar-refractivity contribution >= 4 is 23.6 Å². The molecule has 2 fully saturated rings. The molecule has 1 aliphatic heterocycles. The lowest BCUT2D eigenvalue weighted by Gasteiger charge is -2.31. The highest BCUT2D eigenvalue weighted by Crippen LogP contribution is 2.50. The van der Waals surface area contributed by atoms with E-state index in [1.54, 1.807) is 17.1 Å². The number of amides is 2. The molecule has 5 nitrogen and oxygen atoms in total. The van der Waals surface area contributed by atoms with Crippen molar-refractivity contribution in [3.05, 3.63) is 29.8 Å². The summed E-state index contributed by atoms with van der Waals surface area (Å²) in [6.45, 7) is 1.28. The summed E-state index contributed by atoms with van der Waals surface area (Å²) in [5, 5.41) is 3.32. The number of benzene rings is 1. The summed E-state index contributed by atoms with van der Waals surface area (Å²) < 4.78 is 5.19. The van der Waals surface area contributed by atoms with E-state index in [1.165, 1.54) is 11.8 Å². The number of hydrogen-bond acceptors (Lipinski definition) is 4. The van der Waals surface area contributed by atoms with Gasteiger partial charge in [0, 0.05) is 13.1 Å². The highest BCUT2D eigenvalue weighted by Gasteiger charge is 2.54. The molecule has 0 radical (unpaired) electrons. The van der Waals surface area contributed by atoms with E-state index in [4.69, 9.17) is 4.74 Å². The molecule has 0 atom stereocenters. The maximum atomic E-state index is 13.1. The van der Waals surface area contributed by atoms with Gasteiger partial charge < -0.3 is 4.74 Å². The van der Waals surface area contributed by atoms with Crippen LogP contribution >= 0.6 is 11.8 Å². The van der Waals surface area contributed by atoms with Crippen LogP contribution in [0, 0.1) is 0 Å². The van der Waals surface area contributed by atoms with Crippen LogP contribution in [-0.2, 0) is 15.0 Å². The molecule has 1 aromatic carbocycles. The summed E-state index contributed by atoms with van der Waals surface area (Å²) in [5.41, 5.74) is 0.571. The molecule has 0 aromatic heterocycles. The van der Waals surface area contributed by atoms with E-state index < -0.39 is 5.41 Å². The highest BCUT2D eigenvalue weighted by molar-refractivity contribution is 7.99. The molecule has 23 heavy (non-hydrogen) atoms. The molecule has 0 spiro atoms. The SMILES string of the molecule is COc1ccc(C2(C(=O)N3CCCN3C(=O)CSC)CC2)cc1. The lowest BCUT2D eigenvalue weighted by atomic mass is 9.94. The molecule has 2 aliphatic rings. The third-order valence-electron chi connectivity index (χ3n) is 4.62. The number of rotatable bonds is 5. The van der Waals surface area contributed by atoms with Crippen LogP contribution in [0.4, 0.5) is 0 Å². The molecule has 1 aromatic rings. The smallest absolute Gasteiger partial charge is 0.251 e. The van der Waals surface area contributed by atoms with Crippen molar-refractivity contribution < 1.29 is 14.3 Å². The average molecular weight is 334 g/mol. The maximum Gasteiger partial charge on any atom is 0.251 e. The standard InChI is InChI=1S/C17H22N2O3S/c1-22-14-6-4-13(5-7-14)17(8-9-17)16(21)19-11-3-10-18(19)15(20)12-23-2/h4-7H,3,8-12H2,1-2H3. The van der Waals surface area contributed by atoms with Crippen molar-refractivity contribution in [3.8, 4) is 5.75 Å². The largest absolute Gasteiger partial charge is 0.497 e. The Morgan fingerprint density at radius 2 is 1.83 bits per heavy atom. The van der Waals surface area contributed by atoms with E-state index in [-0.39, 0.29) is 11.8 Å². The van der Waals surface area contributed by atoms with Gasteiger partial charge in [-0.05, 0) is 43.2 Å². The number of nitrogens with zero attached hydrogens (tertiary/aromatic N) is 2. The quantitative estimate of drug-likeness (QED) is 0.827. The summed E-state index contributed by atoms with van der Waals surface area (Å²) in [6.07, 6.45) is 4.45. The van der Waals surface area contributed by atoms with Gasteiger partial charge in [-0.2, -0.15) is 11.8 Å². The normalized spacial score (nSPS) is 18.9. The second-order valence-corrected chi connectivity index (χ2v) is 6.91. The molecule has 1 heterocycles. The second kappa shape index (κ2) is 6.43. The average Bonchev–Trinajstić information content (AvgIpc) is 3.24. The summed E-state index contributed by atoms with van der Waals surface area (Å²) in [7, 11) is 1.63. The fourth-order valence-corrected chi connectivity index (χ4v) is 3.58. The van der Waals surface area contributed by atoms with Crippen LogP contribution in [0.3, 0.4) is 0 Å². The Balaban J connectivity index is 1.79. The molecule has 124 valence electrons. The number of hydrogen-bond donors (Lipinski definition) is 0. The summed E-state index contributed by atoms with van der Waals surface area (Å²) >= 11 is 1.49. The lowest BCUT2D eigenvalue weighted by Crippen LogP contribution is -2.49. The minimum absolute atomic E-state index is 0.0221. The highest BCUT2D eigenvalue weighted by atomic mass is 32.2. The number of methoxy groups -OCH3 is 1. The van der Waals surface area contributed by atoms with Crippen molar-refractivity contribution in [2.24, 2.45) is 0 Å². The van der Waals surface area contributed by atoms with E-state index >= 15 is 0 Å². The predicted octanol–water partition coefficient (Wildman–Crippen LogP) is 2.07. The van der Waals surface area contributed by atoms with Crippen molar-refractivity contribution in [2.45, 2.75) is 24.7 Å². The fourth-order valence-electron chi connectivity index (χ4n) is 3.19. The minimum Gasteiger partial charge on any atom is -0.497 e. The third kappa shape index (κ3) is 2.92. The van der Waals surface area contributed by atoms with E-state index in [0.29, 0.717) is 18.8 Å². The van der Waals surface area contributed by atoms with Crippen LogP contribution in [0.2, 0.25) is 0 Å². The van der Waals surface area contributed by atoms with Crippen LogP contribution in [0.15, 0.2) is 24.3 Å². The first-order chi connectivity index (χ1) is 11.1. The van der Waals surface area contributed by atoms with Crippen LogP contribution in [0.1, 0.15) is 24.8 Å². The summed E-state index contributed by atoms with van der Waals surface area (Å²) in [5.74, 6) is 1.29. The van der Waals surface area contributed by atoms with Crippen molar-refractivity contribution in [3.63, 3.8) is 0 Å². The molecule has 0 N–H and O–H groups in total. The fraction of sp³-hybridized carbons (Fsp3) is 0.529. The predicted molar refractivity (Wildman–Crippen MR) is 90.3 cm³/mol. The zero-order chi connectivity index (χ0) is 16.4. The van der Waals surface area contributed by atoms with Crippen LogP contribution in [-0.4, -0.2) is 54.0 Å². The Bertz CT molecular complexity index is 598. The first-order valence-corrected chi connectivity index (χ1v) is 9.27. The number of thioether (sulfide) groups is 1. The van der Waals surface area contributed by atoms with E-state index in [2.05, 4.69) is 0 Å². The lowest BCUT2D eigenvalue weighted by molar-refractivity contribution is -0.158. The Morgan fingerprint density at radius 3 is 2.39 bits per heavy atom. The number of ether oxygens (including phenoxy) is 1. The molecule has 1 saturated heterocycles. The van der Waals surface area contributed by atoms with Gasteiger partial charge in [-0.3, -0.25) is 19.6 Å². The molecular weight excluding hydrogens is 312 g/mol. The Kier molecular flexibility index (Phi) is 4.53. The van der Waals surface area contributed by atoms with E-state index in [1.807, 2.05) is 30.5 Å². The van der Waals surface area contributed by atoms with E-state index in [9.17, 15) is 9.59 Å². The van der Waals surface area contributed by atoms with Crippen molar-refractivity contribution in [1.29, 1.82) is 0 Å². The topological polar surface area (TPSA) is 49.9 Å². The third-order valence-corrected chi connectivity index (χ3v) is 5.16. The Labute approximate surface area is 140 Å². The van der Waals surface area contributed by atoms with Gasteiger partial charge in [-0.1, -0.05) is 12.1 Å². The van der Waals surface area contributed by atoms with Crippen LogP contribution in [0.5, 0.6) is 5.75 Å². The maximum absolute atomic E-state index is 13.1. The van der Waals surface area contributed by atoms with E-state index in [0.717, 1.165) is 30.6 Å². The zero-order valence-corrected chi connectivity index (χ0v) is 14.4. The molecule has 3 rings (SSSR count). The second-order valence-electron chi connectivity index (χ2n) is 6.04. The van der Waals surface area contributed by atoms with Crippen LogP contribution in [0.25, 0.3) is 0 Å². The number of carbonyl (C=O) groups excluding carboxylic acids is 2. The van der Waals surface area contributed by atoms with Crippen LogP contribution < -0.4 is 4.74 Å². The van der Waals surface area contributed by atoms with Gasteiger partial charge in [0.1, 0.15) is 5.75 Å². The Hall–Kier alpha value is -1.69. The first-order valence-electron chi connectivity index (χ1n) is 7.88. The molecule has 6 heteroatoms. The van der Waals surface area contributed by atoms with Crippen molar-refractivity contribution in [1.82, 2.24) is 10.0 Å². The molecule has 0 bridgehead atoms. The summed E-state index contributed by atoms with van der Waals surface area (Å²) in [6, 6.07) is 7.72. The summed E-state index contributed by atoms with van der Waals surface area (Å²) in [4.78, 5) is 25.3. The molecule has 1 saturated carbocycles. The number of hydrazine groups is 1. The van der Waals surface area contributed by atoms with Crippen molar-refractivity contribution in [2.75, 3.05) is 32.2 Å². The molecular formula is C17H22N2O3S. The number of carbonyl (C=O) groups is 2. The van der Waals surface area contributed by atoms with Gasteiger partial charge in [0.25, 0.3) is 11.8 Å². The monoisotopic (exact) mass is 334 g/mol. The van der Waals surface area contributed by atoms with Gasteiger partial charge in [-0.25, -0.2) is 0 Å². The zero-order valence-electron chi connectivity index (χ0n) is 13.6. The molecule has 1 aliphatic carbocycles. The van der Waals surface area contributed by atoms with Gasteiger partial charge in [-0.15, -0.1) is 0 Å². The minimum atomic E-state index is -0.450. The van der Waals surface area contributed by atoms with Gasteiger partial charge in [0.05, 0.1) is 18.3 Å².